The van der Waals surface area contributed by atoms with Gasteiger partial charge in [0.2, 0.25) is 11.8 Å². The third-order valence-corrected chi connectivity index (χ3v) is 7.98. The third kappa shape index (κ3) is 8.11. The van der Waals surface area contributed by atoms with E-state index in [1.54, 1.807) is 5.38 Å². The number of benzene rings is 1. The lowest BCUT2D eigenvalue weighted by molar-refractivity contribution is -0.124. The molecule has 0 radical (unpaired) electrons. The average molecular weight is 597 g/mol. The van der Waals surface area contributed by atoms with Crippen molar-refractivity contribution < 1.29 is 19.2 Å². The quantitative estimate of drug-likeness (QED) is 0.355. The maximum atomic E-state index is 13.5. The van der Waals surface area contributed by atoms with Crippen molar-refractivity contribution >= 4 is 46.6 Å². The fourth-order valence-corrected chi connectivity index (χ4v) is 5.69. The standard InChI is InChI=1S/C29H33ClN6O4S/c1-17(2)24-29-35-23(16-41-29)28(40)34-22(14-18-8-4-3-5-9-18)26(38)32-12-7-6-10-21(27(39)36-24)33-25(37)19-11-13-31-15-20(19)30/h3-5,8-9,11,13,15-17,21-22,24H,6-7,10,12,14H2,1-2H3,(H,32,38)(H,33,37)(H,34,40)(H,36,39)/t21-,22+,24+/m0/s1. The molecule has 4 amide bonds. The lowest BCUT2D eigenvalue weighted by atomic mass is 10.0. The van der Waals surface area contributed by atoms with E-state index in [4.69, 9.17) is 11.6 Å². The molecule has 0 unspecified atom stereocenters. The Morgan fingerprint density at radius 3 is 2.61 bits per heavy atom. The molecule has 0 saturated heterocycles. The summed E-state index contributed by atoms with van der Waals surface area (Å²) in [7, 11) is 0. The minimum absolute atomic E-state index is 0.0532. The maximum absolute atomic E-state index is 13.5. The average Bonchev–Trinajstić information content (AvgIpc) is 3.44. The summed E-state index contributed by atoms with van der Waals surface area (Å²) < 4.78 is 0. The molecule has 4 N–H and O–H groups in total. The highest BCUT2D eigenvalue weighted by Gasteiger charge is 2.29. The van der Waals surface area contributed by atoms with Crippen LogP contribution in [-0.4, -0.2) is 52.2 Å². The predicted octanol–water partition coefficient (Wildman–Crippen LogP) is 3.44. The molecule has 4 rings (SSSR count). The van der Waals surface area contributed by atoms with Crippen LogP contribution in [0.1, 0.15) is 70.6 Å². The number of carbonyl (C=O) groups is 4. The molecular weight excluding hydrogens is 564 g/mol. The van der Waals surface area contributed by atoms with E-state index in [2.05, 4.69) is 31.2 Å². The van der Waals surface area contributed by atoms with Gasteiger partial charge in [-0.25, -0.2) is 4.98 Å². The molecule has 0 spiro atoms. The first-order valence-corrected chi connectivity index (χ1v) is 14.8. The van der Waals surface area contributed by atoms with Gasteiger partial charge in [0.1, 0.15) is 22.8 Å². The van der Waals surface area contributed by atoms with Gasteiger partial charge in [-0.15, -0.1) is 11.3 Å². The molecule has 2 aromatic heterocycles. The van der Waals surface area contributed by atoms with Crippen LogP contribution < -0.4 is 21.3 Å². The van der Waals surface area contributed by atoms with Gasteiger partial charge in [-0.3, -0.25) is 24.2 Å². The van der Waals surface area contributed by atoms with Gasteiger partial charge in [-0.1, -0.05) is 55.8 Å². The molecule has 216 valence electrons. The molecule has 3 atom stereocenters. The van der Waals surface area contributed by atoms with E-state index in [0.717, 1.165) is 5.56 Å². The molecule has 0 aliphatic carbocycles. The number of halogens is 1. The molecule has 3 heterocycles. The van der Waals surface area contributed by atoms with Crippen LogP contribution in [-0.2, 0) is 16.0 Å². The number of amides is 4. The van der Waals surface area contributed by atoms with E-state index in [0.29, 0.717) is 37.2 Å². The Kier molecular flexibility index (Phi) is 10.4. The number of rotatable bonds is 5. The summed E-state index contributed by atoms with van der Waals surface area (Å²) in [5.74, 6) is -1.69. The molecule has 3 aromatic rings. The molecule has 1 aromatic carbocycles. The monoisotopic (exact) mass is 596 g/mol. The van der Waals surface area contributed by atoms with E-state index in [1.165, 1.54) is 29.8 Å². The smallest absolute Gasteiger partial charge is 0.271 e. The number of hydrogen-bond donors (Lipinski definition) is 4. The summed E-state index contributed by atoms with van der Waals surface area (Å²) in [4.78, 5) is 61.2. The number of fused-ring (bicyclic) bond motifs is 2. The SMILES string of the molecule is CC(C)[C@H]1NC(=O)[C@@H](NC(=O)c2ccncc2Cl)CCCCNC(=O)[C@@H](Cc2ccccc2)NC(=O)c2csc1n2. The predicted molar refractivity (Wildman–Crippen MR) is 157 cm³/mol. The molecule has 1 aliphatic rings. The van der Waals surface area contributed by atoms with Crippen LogP contribution in [0.3, 0.4) is 0 Å². The molecule has 10 nitrogen and oxygen atoms in total. The second-order valence-corrected chi connectivity index (χ2v) is 11.5. The Morgan fingerprint density at radius 1 is 1.10 bits per heavy atom. The minimum Gasteiger partial charge on any atom is -0.354 e. The van der Waals surface area contributed by atoms with E-state index in [-0.39, 0.29) is 34.0 Å². The van der Waals surface area contributed by atoms with Crippen LogP contribution in [0.4, 0.5) is 0 Å². The Labute approximate surface area is 247 Å². The first-order valence-electron chi connectivity index (χ1n) is 13.5. The summed E-state index contributed by atoms with van der Waals surface area (Å²) in [6, 6.07) is 8.83. The Morgan fingerprint density at radius 2 is 1.88 bits per heavy atom. The number of aromatic nitrogens is 2. The van der Waals surface area contributed by atoms with Crippen LogP contribution >= 0.6 is 22.9 Å². The molecule has 2 bridgehead atoms. The van der Waals surface area contributed by atoms with Crippen molar-refractivity contribution in [2.45, 2.75) is 57.7 Å². The van der Waals surface area contributed by atoms with Gasteiger partial charge in [0.05, 0.1) is 16.6 Å². The summed E-state index contributed by atoms with van der Waals surface area (Å²) in [5.41, 5.74) is 1.30. The molecule has 41 heavy (non-hydrogen) atoms. The molecular formula is C29H33ClN6O4S. The number of hydrogen-bond acceptors (Lipinski definition) is 7. The molecule has 0 fully saturated rings. The zero-order valence-electron chi connectivity index (χ0n) is 22.9. The lowest BCUT2D eigenvalue weighted by Crippen LogP contribution is -2.49. The number of nitrogens with zero attached hydrogens (tertiary/aromatic N) is 2. The number of pyridine rings is 1. The fourth-order valence-electron chi connectivity index (χ4n) is 4.47. The second kappa shape index (κ2) is 14.2. The van der Waals surface area contributed by atoms with Gasteiger partial charge in [-0.2, -0.15) is 0 Å². The van der Waals surface area contributed by atoms with Crippen LogP contribution in [0, 0.1) is 5.92 Å². The van der Waals surface area contributed by atoms with Crippen molar-refractivity contribution in [2.75, 3.05) is 6.54 Å². The van der Waals surface area contributed by atoms with Crippen molar-refractivity contribution in [3.05, 3.63) is 81.0 Å². The van der Waals surface area contributed by atoms with Gasteiger partial charge in [0.25, 0.3) is 11.8 Å². The second-order valence-electron chi connectivity index (χ2n) is 10.2. The largest absolute Gasteiger partial charge is 0.354 e. The fraction of sp³-hybridized carbons (Fsp3) is 0.379. The number of nitrogens with one attached hydrogen (secondary N) is 4. The molecule has 0 saturated carbocycles. The van der Waals surface area contributed by atoms with Gasteiger partial charge in [-0.05, 0) is 36.8 Å². The minimum atomic E-state index is -0.856. The Bertz CT molecular complexity index is 1380. The highest BCUT2D eigenvalue weighted by molar-refractivity contribution is 7.09. The van der Waals surface area contributed by atoms with E-state index >= 15 is 0 Å². The molecule has 1 aliphatic heterocycles. The first kappa shape index (κ1) is 30.1. The van der Waals surface area contributed by atoms with Crippen LogP contribution in [0.5, 0.6) is 0 Å². The zero-order chi connectivity index (χ0) is 29.4. The Hall–Kier alpha value is -3.83. The molecule has 12 heteroatoms. The topological polar surface area (TPSA) is 142 Å². The van der Waals surface area contributed by atoms with Crippen molar-refractivity contribution in [1.82, 2.24) is 31.2 Å². The van der Waals surface area contributed by atoms with E-state index in [9.17, 15) is 19.2 Å². The highest BCUT2D eigenvalue weighted by atomic mass is 35.5. The lowest BCUT2D eigenvalue weighted by Gasteiger charge is -2.25. The summed E-state index contributed by atoms with van der Waals surface area (Å²) in [6.45, 7) is 4.22. The van der Waals surface area contributed by atoms with E-state index in [1.807, 2.05) is 44.2 Å². The zero-order valence-corrected chi connectivity index (χ0v) is 24.4. The van der Waals surface area contributed by atoms with Crippen LogP contribution in [0.25, 0.3) is 0 Å². The maximum Gasteiger partial charge on any atom is 0.271 e. The van der Waals surface area contributed by atoms with Crippen molar-refractivity contribution in [3.63, 3.8) is 0 Å². The van der Waals surface area contributed by atoms with Crippen molar-refractivity contribution in [3.8, 4) is 0 Å². The van der Waals surface area contributed by atoms with Crippen molar-refractivity contribution in [2.24, 2.45) is 5.92 Å². The van der Waals surface area contributed by atoms with Gasteiger partial charge >= 0.3 is 0 Å². The third-order valence-electron chi connectivity index (χ3n) is 6.75. The van der Waals surface area contributed by atoms with Gasteiger partial charge in [0.15, 0.2) is 0 Å². The van der Waals surface area contributed by atoms with Crippen LogP contribution in [0.15, 0.2) is 54.2 Å². The summed E-state index contributed by atoms with van der Waals surface area (Å²) >= 11 is 7.41. The normalized spacial score (nSPS) is 20.6. The van der Waals surface area contributed by atoms with Gasteiger partial charge < -0.3 is 21.3 Å². The van der Waals surface area contributed by atoms with Crippen LogP contribution in [0.2, 0.25) is 5.02 Å². The summed E-state index contributed by atoms with van der Waals surface area (Å²) in [6.07, 6.45) is 4.61. The Balaban J connectivity index is 1.58. The van der Waals surface area contributed by atoms with Gasteiger partial charge in [0, 0.05) is 30.7 Å². The highest BCUT2D eigenvalue weighted by Crippen LogP contribution is 2.26. The number of carbonyl (C=O) groups excluding carboxylic acids is 4. The number of thiazole rings is 1. The van der Waals surface area contributed by atoms with Crippen molar-refractivity contribution in [1.29, 1.82) is 0 Å². The van der Waals surface area contributed by atoms with E-state index < -0.39 is 29.9 Å². The summed E-state index contributed by atoms with van der Waals surface area (Å²) in [5, 5.41) is 13.9. The first-order chi connectivity index (χ1) is 19.7.